The number of benzene rings is 2. The molecule has 198 valence electrons. The number of aromatic amines is 1. The smallest absolute Gasteiger partial charge is 0.374 e. The van der Waals surface area contributed by atoms with Crippen LogP contribution in [0.15, 0.2) is 67.5 Å². The number of nitrogens with one attached hydrogen (secondary N) is 1. The molecule has 4 rings (SSSR count). The molecule has 0 saturated heterocycles. The highest BCUT2D eigenvalue weighted by atomic mass is 35.5. The van der Waals surface area contributed by atoms with Gasteiger partial charge in [0, 0.05) is 17.0 Å². The standard InChI is InChI=1S/C26H25ClN4O7/c1-4-37-23(33)21-12-17-11-19(9-10-20(17)38-21)28-24-29-25(34)31(13-15(2)22(32)36-3)26(35)30(24)14-16-5-7-18(27)8-6-16/h5-12,15H,4,13-14H2,1-3H3,(H,28,29,34)/t15-/m0/s1. The molecule has 0 unspecified atom stereocenters. The van der Waals surface area contributed by atoms with Crippen LogP contribution in [0.3, 0.4) is 0 Å². The molecule has 0 saturated carbocycles. The van der Waals surface area contributed by atoms with Gasteiger partial charge in [-0.1, -0.05) is 30.7 Å². The molecule has 2 aromatic carbocycles. The average Bonchev–Trinajstić information content (AvgIpc) is 3.33. The number of carbonyl (C=O) groups excluding carboxylic acids is 2. The van der Waals surface area contributed by atoms with Gasteiger partial charge < -0.3 is 13.9 Å². The van der Waals surface area contributed by atoms with Crippen molar-refractivity contribution < 1.29 is 23.5 Å². The van der Waals surface area contributed by atoms with E-state index in [0.717, 1.165) is 10.1 Å². The minimum absolute atomic E-state index is 0.00891. The van der Waals surface area contributed by atoms with E-state index in [1.165, 1.54) is 17.7 Å². The summed E-state index contributed by atoms with van der Waals surface area (Å²) in [7, 11) is 1.24. The molecular formula is C26H25ClN4O7. The van der Waals surface area contributed by atoms with Crippen molar-refractivity contribution in [3.05, 3.63) is 91.5 Å². The van der Waals surface area contributed by atoms with E-state index in [4.69, 9.17) is 25.5 Å². The van der Waals surface area contributed by atoms with Crippen LogP contribution in [0.25, 0.3) is 11.0 Å². The first-order valence-corrected chi connectivity index (χ1v) is 12.1. The molecule has 0 fully saturated rings. The maximum absolute atomic E-state index is 13.5. The van der Waals surface area contributed by atoms with Gasteiger partial charge in [0.05, 0.1) is 31.9 Å². The zero-order chi connectivity index (χ0) is 27.4. The second-order valence-electron chi connectivity index (χ2n) is 8.45. The number of aromatic nitrogens is 3. The summed E-state index contributed by atoms with van der Waals surface area (Å²) >= 11 is 6.00. The van der Waals surface area contributed by atoms with Crippen molar-refractivity contribution in [1.29, 1.82) is 0 Å². The van der Waals surface area contributed by atoms with Crippen molar-refractivity contribution in [3.63, 3.8) is 0 Å². The first-order chi connectivity index (χ1) is 18.2. The number of hydrogen-bond donors (Lipinski definition) is 1. The van der Waals surface area contributed by atoms with Crippen LogP contribution in [0.5, 0.6) is 0 Å². The van der Waals surface area contributed by atoms with Crippen molar-refractivity contribution in [1.82, 2.24) is 14.1 Å². The highest BCUT2D eigenvalue weighted by Crippen LogP contribution is 2.24. The molecule has 4 aromatic rings. The zero-order valence-corrected chi connectivity index (χ0v) is 21.7. The largest absolute Gasteiger partial charge is 0.469 e. The minimum Gasteiger partial charge on any atom is -0.469 e. The highest BCUT2D eigenvalue weighted by molar-refractivity contribution is 6.30. The Balaban J connectivity index is 1.83. The number of halogens is 1. The lowest BCUT2D eigenvalue weighted by Gasteiger charge is -2.14. The third kappa shape index (κ3) is 5.78. The van der Waals surface area contributed by atoms with Crippen molar-refractivity contribution in [2.45, 2.75) is 26.9 Å². The monoisotopic (exact) mass is 540 g/mol. The maximum atomic E-state index is 13.5. The molecule has 0 radical (unpaired) electrons. The Morgan fingerprint density at radius 3 is 2.53 bits per heavy atom. The van der Waals surface area contributed by atoms with Gasteiger partial charge in [-0.15, -0.1) is 0 Å². The van der Waals surface area contributed by atoms with Crippen molar-refractivity contribution in [2.24, 2.45) is 10.9 Å². The summed E-state index contributed by atoms with van der Waals surface area (Å²) in [5.74, 6) is -1.82. The molecule has 0 amide bonds. The molecule has 2 aromatic heterocycles. The number of furan rings is 1. The Kier molecular flexibility index (Phi) is 7.96. The van der Waals surface area contributed by atoms with Crippen LogP contribution < -0.4 is 17.0 Å². The van der Waals surface area contributed by atoms with Crippen molar-refractivity contribution in [3.8, 4) is 0 Å². The topological polar surface area (TPSA) is 138 Å². The number of methoxy groups -OCH3 is 1. The summed E-state index contributed by atoms with van der Waals surface area (Å²) in [5.41, 5.74) is 0.177. The third-order valence-corrected chi connectivity index (χ3v) is 5.96. The number of nitrogens with zero attached hydrogens (tertiary/aromatic N) is 3. The fourth-order valence-corrected chi connectivity index (χ4v) is 3.92. The summed E-state index contributed by atoms with van der Waals surface area (Å²) in [4.78, 5) is 57.5. The summed E-state index contributed by atoms with van der Waals surface area (Å²) in [6.45, 7) is 3.35. The van der Waals surface area contributed by atoms with Crippen LogP contribution in [0, 0.1) is 5.92 Å². The molecule has 0 aliphatic carbocycles. The Morgan fingerprint density at radius 1 is 1.11 bits per heavy atom. The van der Waals surface area contributed by atoms with Crippen LogP contribution in [0.1, 0.15) is 30.0 Å². The molecule has 2 heterocycles. The predicted molar refractivity (Wildman–Crippen MR) is 138 cm³/mol. The van der Waals surface area contributed by atoms with Crippen LogP contribution in [-0.4, -0.2) is 39.8 Å². The summed E-state index contributed by atoms with van der Waals surface area (Å²) in [5, 5.41) is 1.12. The van der Waals surface area contributed by atoms with Crippen LogP contribution in [0.2, 0.25) is 5.02 Å². The fourth-order valence-electron chi connectivity index (χ4n) is 3.79. The van der Waals surface area contributed by atoms with Crippen LogP contribution >= 0.6 is 11.6 Å². The predicted octanol–water partition coefficient (Wildman–Crippen LogP) is 3.00. The number of fused-ring (bicyclic) bond motifs is 1. The van der Waals surface area contributed by atoms with E-state index in [2.05, 4.69) is 9.98 Å². The van der Waals surface area contributed by atoms with E-state index in [1.54, 1.807) is 56.3 Å². The normalized spacial score (nSPS) is 12.5. The Morgan fingerprint density at radius 2 is 1.84 bits per heavy atom. The lowest BCUT2D eigenvalue weighted by Crippen LogP contribution is -2.51. The first kappa shape index (κ1) is 26.7. The number of hydrogen-bond acceptors (Lipinski definition) is 8. The Hall–Kier alpha value is -4.38. The lowest BCUT2D eigenvalue weighted by atomic mass is 10.2. The van der Waals surface area contributed by atoms with E-state index < -0.39 is 29.2 Å². The van der Waals surface area contributed by atoms with Crippen LogP contribution in [0.4, 0.5) is 5.69 Å². The van der Waals surface area contributed by atoms with E-state index in [9.17, 15) is 19.2 Å². The molecule has 11 nitrogen and oxygen atoms in total. The van der Waals surface area contributed by atoms with Gasteiger partial charge >= 0.3 is 23.3 Å². The molecule has 0 aliphatic heterocycles. The van der Waals surface area contributed by atoms with Gasteiger partial charge in [0.2, 0.25) is 11.4 Å². The zero-order valence-electron chi connectivity index (χ0n) is 20.9. The second kappa shape index (κ2) is 11.3. The molecule has 1 atom stereocenters. The number of carbonyl (C=O) groups is 2. The number of rotatable bonds is 8. The summed E-state index contributed by atoms with van der Waals surface area (Å²) in [6, 6.07) is 13.3. The number of esters is 2. The lowest BCUT2D eigenvalue weighted by molar-refractivity contribution is -0.145. The van der Waals surface area contributed by atoms with Crippen molar-refractivity contribution >= 4 is 40.2 Å². The Labute approximate surface area is 220 Å². The van der Waals surface area contributed by atoms with Gasteiger partial charge in [0.15, 0.2) is 0 Å². The second-order valence-corrected chi connectivity index (χ2v) is 8.89. The molecule has 38 heavy (non-hydrogen) atoms. The average molecular weight is 541 g/mol. The molecule has 1 N–H and O–H groups in total. The molecule has 0 aliphatic rings. The molecule has 0 spiro atoms. The van der Waals surface area contributed by atoms with E-state index in [-0.39, 0.29) is 31.1 Å². The van der Waals surface area contributed by atoms with Gasteiger partial charge in [-0.25, -0.2) is 23.9 Å². The molecular weight excluding hydrogens is 516 g/mol. The quantitative estimate of drug-likeness (QED) is 0.339. The number of ether oxygens (including phenoxy) is 2. The van der Waals surface area contributed by atoms with Gasteiger partial charge in [-0.3, -0.25) is 14.3 Å². The highest BCUT2D eigenvalue weighted by Gasteiger charge is 2.18. The van der Waals surface area contributed by atoms with Gasteiger partial charge in [-0.05, 0) is 48.9 Å². The van der Waals surface area contributed by atoms with E-state index in [0.29, 0.717) is 21.7 Å². The Bertz CT molecular complexity index is 1680. The van der Waals surface area contributed by atoms with E-state index in [1.807, 2.05) is 0 Å². The summed E-state index contributed by atoms with van der Waals surface area (Å²) < 4.78 is 17.5. The summed E-state index contributed by atoms with van der Waals surface area (Å²) in [6.07, 6.45) is 0. The van der Waals surface area contributed by atoms with E-state index >= 15 is 0 Å². The van der Waals surface area contributed by atoms with Crippen LogP contribution in [-0.2, 0) is 27.4 Å². The fraction of sp³-hybridized carbons (Fsp3) is 0.269. The van der Waals surface area contributed by atoms with Gasteiger partial charge in [-0.2, -0.15) is 0 Å². The van der Waals surface area contributed by atoms with Gasteiger partial charge in [0.25, 0.3) is 0 Å². The maximum Gasteiger partial charge on any atom is 0.374 e. The minimum atomic E-state index is -0.734. The number of H-pyrrole nitrogens is 1. The molecule has 0 bridgehead atoms. The van der Waals surface area contributed by atoms with Crippen molar-refractivity contribution in [2.75, 3.05) is 13.7 Å². The SMILES string of the molecule is CCOC(=O)c1cc2cc(/N=c3\[nH]c(=O)n(C[C@H](C)C(=O)OC)c(=O)n3Cc3ccc(Cl)cc3)ccc2o1. The van der Waals surface area contributed by atoms with Gasteiger partial charge in [0.1, 0.15) is 5.58 Å². The molecule has 12 heteroatoms. The first-order valence-electron chi connectivity index (χ1n) is 11.7. The third-order valence-electron chi connectivity index (χ3n) is 5.71.